The molecule has 1 aliphatic heterocycles. The first-order valence-corrected chi connectivity index (χ1v) is 10.3. The summed E-state index contributed by atoms with van der Waals surface area (Å²) in [5, 5.41) is 2.39. The molecule has 0 spiro atoms. The fourth-order valence-corrected chi connectivity index (χ4v) is 6.04. The summed E-state index contributed by atoms with van der Waals surface area (Å²) in [5.74, 6) is 1.28. The van der Waals surface area contributed by atoms with E-state index in [1.807, 2.05) is 12.1 Å². The van der Waals surface area contributed by atoms with Crippen molar-refractivity contribution in [2.24, 2.45) is 5.92 Å². The van der Waals surface area contributed by atoms with Gasteiger partial charge in [0.25, 0.3) is 0 Å². The lowest BCUT2D eigenvalue weighted by Gasteiger charge is -2.23. The fraction of sp³-hybridized carbons (Fsp3) is 0.273. The minimum atomic E-state index is -2.15. The van der Waals surface area contributed by atoms with E-state index in [0.717, 1.165) is 19.3 Å². The number of aryl methyl sites for hydroxylation is 1. The summed E-state index contributed by atoms with van der Waals surface area (Å²) in [6.07, 6.45) is 2.83. The van der Waals surface area contributed by atoms with E-state index in [0.29, 0.717) is 11.7 Å². The van der Waals surface area contributed by atoms with Gasteiger partial charge in [-0.05, 0) is 47.2 Å². The summed E-state index contributed by atoms with van der Waals surface area (Å²) in [7, 11) is -2.15. The van der Waals surface area contributed by atoms with Gasteiger partial charge in [0, 0.05) is 22.0 Å². The van der Waals surface area contributed by atoms with Crippen molar-refractivity contribution in [2.45, 2.75) is 30.8 Å². The fourth-order valence-electron chi connectivity index (χ4n) is 5.08. The number of rotatable bonds is 0. The average Bonchev–Trinajstić information content (AvgIpc) is 3.35. The van der Waals surface area contributed by atoms with Crippen molar-refractivity contribution in [1.82, 2.24) is 0 Å². The van der Waals surface area contributed by atoms with Gasteiger partial charge in [-0.2, -0.15) is 0 Å². The minimum Gasteiger partial charge on any atom is -0.229 e. The monoisotopic (exact) mass is 361 g/mol. The number of hydrogen-bond donors (Lipinski definition) is 0. The van der Waals surface area contributed by atoms with Crippen LogP contribution in [0.25, 0.3) is 10.8 Å². The Labute approximate surface area is 152 Å². The van der Waals surface area contributed by atoms with Crippen molar-refractivity contribution in [3.8, 4) is 5.75 Å². The van der Waals surface area contributed by atoms with Gasteiger partial charge in [-0.1, -0.05) is 54.6 Å². The Bertz CT molecular complexity index is 1080. The SMILES string of the molecule is O=[P+]1Oc2ccc3ccccc3c2C2c3ccccc3CCC3(CC23)O1. The number of benzene rings is 3. The maximum atomic E-state index is 12.6. The Kier molecular flexibility index (Phi) is 2.95. The van der Waals surface area contributed by atoms with Crippen molar-refractivity contribution < 1.29 is 13.6 Å². The molecule has 0 N–H and O–H groups in total. The van der Waals surface area contributed by atoms with Gasteiger partial charge >= 0.3 is 8.25 Å². The first kappa shape index (κ1) is 14.9. The molecule has 1 saturated carbocycles. The maximum absolute atomic E-state index is 12.6. The Morgan fingerprint density at radius 2 is 1.85 bits per heavy atom. The molecule has 128 valence electrons. The Morgan fingerprint density at radius 3 is 2.81 bits per heavy atom. The van der Waals surface area contributed by atoms with Crippen LogP contribution in [0.3, 0.4) is 0 Å². The molecule has 4 atom stereocenters. The lowest BCUT2D eigenvalue weighted by molar-refractivity contribution is 0.139. The van der Waals surface area contributed by atoms with Crippen molar-refractivity contribution in [2.75, 3.05) is 0 Å². The summed E-state index contributed by atoms with van der Waals surface area (Å²) in [5.41, 5.74) is 3.63. The molecule has 3 aromatic rings. The van der Waals surface area contributed by atoms with Crippen molar-refractivity contribution in [3.05, 3.63) is 77.4 Å². The molecule has 3 nitrogen and oxygen atoms in total. The zero-order valence-corrected chi connectivity index (χ0v) is 15.1. The Hall–Kier alpha value is -2.22. The van der Waals surface area contributed by atoms with Gasteiger partial charge in [0.05, 0.1) is 0 Å². The summed E-state index contributed by atoms with van der Waals surface area (Å²) in [4.78, 5) is 0. The van der Waals surface area contributed by atoms with Crippen LogP contribution >= 0.6 is 8.25 Å². The third kappa shape index (κ3) is 1.99. The molecule has 3 aromatic carbocycles. The Morgan fingerprint density at radius 1 is 1.00 bits per heavy atom. The summed E-state index contributed by atoms with van der Waals surface area (Å²) < 4.78 is 24.4. The maximum Gasteiger partial charge on any atom is 0.750 e. The lowest BCUT2D eigenvalue weighted by atomic mass is 9.82. The van der Waals surface area contributed by atoms with E-state index in [1.165, 1.54) is 27.5 Å². The van der Waals surface area contributed by atoms with Crippen LogP contribution in [0.5, 0.6) is 5.75 Å². The quantitative estimate of drug-likeness (QED) is 0.479. The van der Waals surface area contributed by atoms with Crippen LogP contribution in [0.2, 0.25) is 0 Å². The predicted molar refractivity (Wildman–Crippen MR) is 101 cm³/mol. The van der Waals surface area contributed by atoms with Gasteiger partial charge in [0.2, 0.25) is 0 Å². The van der Waals surface area contributed by atoms with Gasteiger partial charge in [0.15, 0.2) is 5.75 Å². The second-order valence-corrected chi connectivity index (χ2v) is 8.47. The Balaban J connectivity index is 1.71. The molecule has 26 heavy (non-hydrogen) atoms. The zero-order valence-electron chi connectivity index (χ0n) is 14.2. The van der Waals surface area contributed by atoms with Crippen LogP contribution < -0.4 is 4.52 Å². The van der Waals surface area contributed by atoms with E-state index in [2.05, 4.69) is 48.5 Å². The minimum absolute atomic E-state index is 0.221. The van der Waals surface area contributed by atoms with Crippen LogP contribution in [0, 0.1) is 5.92 Å². The second-order valence-electron chi connectivity index (χ2n) is 7.66. The highest BCUT2D eigenvalue weighted by molar-refractivity contribution is 7.33. The molecular formula is C22H18O3P+. The van der Waals surface area contributed by atoms with Gasteiger partial charge in [-0.25, -0.2) is 4.52 Å². The van der Waals surface area contributed by atoms with E-state index in [-0.39, 0.29) is 11.5 Å². The molecule has 0 aromatic heterocycles. The van der Waals surface area contributed by atoms with E-state index in [9.17, 15) is 4.57 Å². The van der Waals surface area contributed by atoms with E-state index in [4.69, 9.17) is 9.05 Å². The topological polar surface area (TPSA) is 35.5 Å². The summed E-state index contributed by atoms with van der Waals surface area (Å²) in [6.45, 7) is 0. The highest BCUT2D eigenvalue weighted by Crippen LogP contribution is 2.66. The molecule has 2 bridgehead atoms. The molecule has 6 rings (SSSR count). The van der Waals surface area contributed by atoms with Crippen LogP contribution in [0.15, 0.2) is 60.7 Å². The molecular weight excluding hydrogens is 343 g/mol. The van der Waals surface area contributed by atoms with Crippen molar-refractivity contribution in [1.29, 1.82) is 0 Å². The molecule has 0 amide bonds. The zero-order chi connectivity index (χ0) is 17.3. The van der Waals surface area contributed by atoms with Crippen molar-refractivity contribution >= 4 is 19.0 Å². The molecule has 1 fully saturated rings. The van der Waals surface area contributed by atoms with Gasteiger partial charge in [-0.15, -0.1) is 4.52 Å². The number of fused-ring (bicyclic) bond motifs is 6. The molecule has 3 aliphatic rings. The summed E-state index contributed by atoms with van der Waals surface area (Å²) >= 11 is 0. The largest absolute Gasteiger partial charge is 0.750 e. The predicted octanol–water partition coefficient (Wildman–Crippen LogP) is 5.74. The van der Waals surface area contributed by atoms with Gasteiger partial charge < -0.3 is 0 Å². The second kappa shape index (κ2) is 5.16. The standard InChI is InChI=1S/C22H18O3P/c23-26-24-19-10-9-14-5-1-4-8-17(14)21(19)20-16-7-3-2-6-15(16)11-12-22(25-26)13-18(20)22/h1-10,18,20H,11-13H2/q+1. The summed E-state index contributed by atoms with van der Waals surface area (Å²) in [6, 6.07) is 21.1. The number of hydrogen-bond acceptors (Lipinski definition) is 3. The molecule has 0 radical (unpaired) electrons. The average molecular weight is 361 g/mol. The third-order valence-corrected chi connectivity index (χ3v) is 7.22. The first-order chi connectivity index (χ1) is 12.8. The van der Waals surface area contributed by atoms with E-state index in [1.54, 1.807) is 0 Å². The van der Waals surface area contributed by atoms with Crippen LogP contribution in [0.1, 0.15) is 35.4 Å². The van der Waals surface area contributed by atoms with Crippen molar-refractivity contribution in [3.63, 3.8) is 0 Å². The van der Waals surface area contributed by atoms with Gasteiger partial charge in [-0.3, -0.25) is 0 Å². The highest BCUT2D eigenvalue weighted by Gasteiger charge is 2.67. The van der Waals surface area contributed by atoms with E-state index >= 15 is 0 Å². The molecule has 2 aliphatic carbocycles. The first-order valence-electron chi connectivity index (χ1n) is 9.19. The van der Waals surface area contributed by atoms with Crippen LogP contribution in [0.4, 0.5) is 0 Å². The smallest absolute Gasteiger partial charge is 0.229 e. The third-order valence-electron chi connectivity index (χ3n) is 6.36. The molecule has 4 unspecified atom stereocenters. The highest BCUT2D eigenvalue weighted by atomic mass is 31.1. The van der Waals surface area contributed by atoms with Crippen LogP contribution in [-0.2, 0) is 15.5 Å². The lowest BCUT2D eigenvalue weighted by Crippen LogP contribution is -2.19. The van der Waals surface area contributed by atoms with Gasteiger partial charge in [0.1, 0.15) is 5.60 Å². The molecule has 0 saturated heterocycles. The molecule has 4 heteroatoms. The van der Waals surface area contributed by atoms with E-state index < -0.39 is 8.25 Å². The normalized spacial score (nSPS) is 30.1. The molecule has 1 heterocycles. The van der Waals surface area contributed by atoms with Crippen LogP contribution in [-0.4, -0.2) is 5.60 Å².